The molecule has 2 N–H and O–H groups in total. The first-order chi connectivity index (χ1) is 11.6. The van der Waals surface area contributed by atoms with E-state index in [0.717, 1.165) is 36.0 Å². The summed E-state index contributed by atoms with van der Waals surface area (Å²) < 4.78 is 7.28. The minimum absolute atomic E-state index is 0.155. The van der Waals surface area contributed by atoms with Gasteiger partial charge in [-0.15, -0.1) is 0 Å². The number of nitrogens with zero attached hydrogens (tertiary/aromatic N) is 2. The number of aryl methyl sites for hydroxylation is 1. The first-order valence-electron chi connectivity index (χ1n) is 8.25. The van der Waals surface area contributed by atoms with Gasteiger partial charge in [0, 0.05) is 39.0 Å². The van der Waals surface area contributed by atoms with Gasteiger partial charge in [-0.05, 0) is 36.5 Å². The van der Waals surface area contributed by atoms with Gasteiger partial charge in [0.25, 0.3) is 0 Å². The second-order valence-electron chi connectivity index (χ2n) is 6.38. The molecule has 2 aromatic rings. The van der Waals surface area contributed by atoms with Gasteiger partial charge in [-0.3, -0.25) is 4.68 Å². The summed E-state index contributed by atoms with van der Waals surface area (Å²) in [6.45, 7) is 1.05. The van der Waals surface area contributed by atoms with Crippen LogP contribution in [0.2, 0.25) is 0 Å². The van der Waals surface area contributed by atoms with Gasteiger partial charge in [0.15, 0.2) is 0 Å². The van der Waals surface area contributed by atoms with Crippen molar-refractivity contribution in [3.8, 4) is 11.1 Å². The predicted octanol–water partition coefficient (Wildman–Crippen LogP) is 2.46. The number of carbonyl (C=O) groups excluding carboxylic acids is 1. The Morgan fingerprint density at radius 1 is 1.33 bits per heavy atom. The van der Waals surface area contributed by atoms with E-state index in [0.29, 0.717) is 13.1 Å². The van der Waals surface area contributed by atoms with Gasteiger partial charge in [-0.2, -0.15) is 5.10 Å². The Morgan fingerprint density at radius 3 is 2.79 bits per heavy atom. The first kappa shape index (κ1) is 16.5. The number of urea groups is 1. The fraction of sp³-hybridized carbons (Fsp3) is 0.444. The number of benzene rings is 1. The van der Waals surface area contributed by atoms with Crippen molar-refractivity contribution in [2.45, 2.75) is 31.4 Å². The van der Waals surface area contributed by atoms with Crippen LogP contribution in [0.5, 0.6) is 0 Å². The lowest BCUT2D eigenvalue weighted by molar-refractivity contribution is -0.0673. The molecule has 1 saturated carbocycles. The van der Waals surface area contributed by atoms with E-state index in [1.165, 1.54) is 0 Å². The summed E-state index contributed by atoms with van der Waals surface area (Å²) in [5.41, 5.74) is 3.06. The Hall–Kier alpha value is -2.34. The van der Waals surface area contributed by atoms with E-state index in [-0.39, 0.29) is 11.6 Å². The van der Waals surface area contributed by atoms with Crippen LogP contribution in [0.4, 0.5) is 4.79 Å². The largest absolute Gasteiger partial charge is 0.376 e. The maximum Gasteiger partial charge on any atom is 0.315 e. The van der Waals surface area contributed by atoms with Crippen LogP contribution in [-0.2, 0) is 18.3 Å². The molecule has 1 aromatic carbocycles. The van der Waals surface area contributed by atoms with Gasteiger partial charge >= 0.3 is 6.03 Å². The van der Waals surface area contributed by atoms with Crippen LogP contribution < -0.4 is 10.6 Å². The van der Waals surface area contributed by atoms with Crippen molar-refractivity contribution >= 4 is 6.03 Å². The van der Waals surface area contributed by atoms with E-state index >= 15 is 0 Å². The molecule has 24 heavy (non-hydrogen) atoms. The zero-order chi connectivity index (χ0) is 17.0. The maximum atomic E-state index is 12.0. The van der Waals surface area contributed by atoms with Crippen molar-refractivity contribution < 1.29 is 9.53 Å². The number of aromatic nitrogens is 2. The highest BCUT2D eigenvalue weighted by Crippen LogP contribution is 2.34. The van der Waals surface area contributed by atoms with E-state index in [9.17, 15) is 4.79 Å². The van der Waals surface area contributed by atoms with E-state index in [2.05, 4.69) is 21.8 Å². The summed E-state index contributed by atoms with van der Waals surface area (Å²) in [6.07, 6.45) is 7.00. The number of carbonyl (C=O) groups is 1. The molecular formula is C18H24N4O2. The highest BCUT2D eigenvalue weighted by atomic mass is 16.5. The van der Waals surface area contributed by atoms with Gasteiger partial charge in [0.05, 0.1) is 11.8 Å². The van der Waals surface area contributed by atoms with Gasteiger partial charge in [-0.1, -0.05) is 18.2 Å². The second-order valence-corrected chi connectivity index (χ2v) is 6.38. The number of hydrogen-bond donors (Lipinski definition) is 2. The molecule has 1 fully saturated rings. The molecule has 3 rings (SSSR count). The second kappa shape index (κ2) is 7.05. The Bertz CT molecular complexity index is 701. The lowest BCUT2D eigenvalue weighted by atomic mass is 9.80. The molecule has 6 nitrogen and oxygen atoms in total. The number of ether oxygens (including phenoxy) is 1. The fourth-order valence-corrected chi connectivity index (χ4v) is 2.94. The Balaban J connectivity index is 1.52. The summed E-state index contributed by atoms with van der Waals surface area (Å²) in [7, 11) is 3.61. The standard InChI is InChI=1S/C18H24N4O2/c1-22-12-16(11-21-22)15-6-3-5-14(9-15)10-19-17(23)20-13-18(24-2)7-4-8-18/h3,5-6,9,11-12H,4,7-8,10,13H2,1-2H3,(H2,19,20,23). The van der Waals surface area contributed by atoms with Gasteiger partial charge in [0.2, 0.25) is 0 Å². The number of nitrogens with one attached hydrogen (secondary N) is 2. The van der Waals surface area contributed by atoms with Crippen LogP contribution in [0.25, 0.3) is 11.1 Å². The molecule has 0 radical (unpaired) electrons. The normalized spacial score (nSPS) is 15.6. The van der Waals surface area contributed by atoms with Crippen molar-refractivity contribution in [3.05, 3.63) is 42.2 Å². The third-order valence-corrected chi connectivity index (χ3v) is 4.69. The molecular weight excluding hydrogens is 304 g/mol. The molecule has 0 aliphatic heterocycles. The first-order valence-corrected chi connectivity index (χ1v) is 8.25. The van der Waals surface area contributed by atoms with E-state index in [4.69, 9.17) is 4.74 Å². The average molecular weight is 328 g/mol. The average Bonchev–Trinajstić information content (AvgIpc) is 2.99. The van der Waals surface area contributed by atoms with Crippen molar-refractivity contribution in [3.63, 3.8) is 0 Å². The molecule has 1 aliphatic rings. The minimum Gasteiger partial charge on any atom is -0.376 e. The lowest BCUT2D eigenvalue weighted by Gasteiger charge is -2.40. The smallest absolute Gasteiger partial charge is 0.315 e. The predicted molar refractivity (Wildman–Crippen MR) is 92.5 cm³/mol. The van der Waals surface area contributed by atoms with Crippen LogP contribution in [0.1, 0.15) is 24.8 Å². The van der Waals surface area contributed by atoms with Gasteiger partial charge in [-0.25, -0.2) is 4.79 Å². The molecule has 0 atom stereocenters. The van der Waals surface area contributed by atoms with Crippen LogP contribution in [0.15, 0.2) is 36.7 Å². The lowest BCUT2D eigenvalue weighted by Crippen LogP contribution is -2.51. The van der Waals surface area contributed by atoms with Crippen molar-refractivity contribution in [1.29, 1.82) is 0 Å². The molecule has 0 unspecified atom stereocenters. The SMILES string of the molecule is COC1(CNC(=O)NCc2cccc(-c3cnn(C)c3)c2)CCC1. The third-order valence-electron chi connectivity index (χ3n) is 4.69. The third kappa shape index (κ3) is 3.76. The quantitative estimate of drug-likeness (QED) is 0.856. The van der Waals surface area contributed by atoms with Crippen LogP contribution >= 0.6 is 0 Å². The molecule has 6 heteroatoms. The van der Waals surface area contributed by atoms with Gasteiger partial charge in [0.1, 0.15) is 0 Å². The highest BCUT2D eigenvalue weighted by Gasteiger charge is 2.37. The zero-order valence-electron chi connectivity index (χ0n) is 14.2. The molecule has 1 heterocycles. The number of methoxy groups -OCH3 is 1. The van der Waals surface area contributed by atoms with Gasteiger partial charge < -0.3 is 15.4 Å². The van der Waals surface area contributed by atoms with Crippen LogP contribution in [0.3, 0.4) is 0 Å². The highest BCUT2D eigenvalue weighted by molar-refractivity contribution is 5.74. The van der Waals surface area contributed by atoms with E-state index in [1.54, 1.807) is 11.8 Å². The summed E-state index contributed by atoms with van der Waals surface area (Å²) in [4.78, 5) is 12.0. The summed E-state index contributed by atoms with van der Waals surface area (Å²) in [5, 5.41) is 10.0. The van der Waals surface area contributed by atoms with E-state index < -0.39 is 0 Å². The summed E-state index contributed by atoms with van der Waals surface area (Å²) in [6, 6.07) is 7.94. The van der Waals surface area contributed by atoms with Crippen molar-refractivity contribution in [1.82, 2.24) is 20.4 Å². The van der Waals surface area contributed by atoms with Crippen molar-refractivity contribution in [2.75, 3.05) is 13.7 Å². The van der Waals surface area contributed by atoms with E-state index in [1.807, 2.05) is 37.6 Å². The van der Waals surface area contributed by atoms with Crippen LogP contribution in [-0.4, -0.2) is 35.1 Å². The summed E-state index contributed by atoms with van der Waals surface area (Å²) >= 11 is 0. The number of amides is 2. The monoisotopic (exact) mass is 328 g/mol. The summed E-state index contributed by atoms with van der Waals surface area (Å²) in [5.74, 6) is 0. The molecule has 2 amide bonds. The molecule has 0 bridgehead atoms. The molecule has 0 spiro atoms. The molecule has 128 valence electrons. The zero-order valence-corrected chi connectivity index (χ0v) is 14.2. The Morgan fingerprint density at radius 2 is 2.17 bits per heavy atom. The molecule has 1 aliphatic carbocycles. The Kier molecular flexibility index (Phi) is 4.85. The Labute approximate surface area is 142 Å². The maximum absolute atomic E-state index is 12.0. The molecule has 1 aromatic heterocycles. The fourth-order valence-electron chi connectivity index (χ4n) is 2.94. The molecule has 0 saturated heterocycles. The minimum atomic E-state index is -0.162. The topological polar surface area (TPSA) is 68.2 Å². The number of hydrogen-bond acceptors (Lipinski definition) is 3. The van der Waals surface area contributed by atoms with Crippen molar-refractivity contribution in [2.24, 2.45) is 7.05 Å². The van der Waals surface area contributed by atoms with Crippen LogP contribution in [0, 0.1) is 0 Å². The number of rotatable bonds is 6.